The second-order valence-corrected chi connectivity index (χ2v) is 5.46. The van der Waals surface area contributed by atoms with E-state index in [9.17, 15) is 9.90 Å². The van der Waals surface area contributed by atoms with Gasteiger partial charge in [0, 0.05) is 5.57 Å². The number of carbonyl (C=O) groups is 1. The van der Waals surface area contributed by atoms with Gasteiger partial charge in [-0.3, -0.25) is 0 Å². The van der Waals surface area contributed by atoms with Crippen LogP contribution in [0.4, 0.5) is 0 Å². The maximum absolute atomic E-state index is 11.5. The van der Waals surface area contributed by atoms with Crippen LogP contribution in [0.2, 0.25) is 0 Å². The molecule has 0 saturated carbocycles. The molecule has 2 rings (SSSR count). The van der Waals surface area contributed by atoms with Gasteiger partial charge in [0.1, 0.15) is 12.2 Å². The molecule has 0 fully saturated rings. The number of ether oxygens (including phenoxy) is 1. The second-order valence-electron chi connectivity index (χ2n) is 5.46. The van der Waals surface area contributed by atoms with E-state index in [2.05, 4.69) is 18.7 Å². The van der Waals surface area contributed by atoms with Crippen LogP contribution in [-0.4, -0.2) is 23.3 Å². The highest BCUT2D eigenvalue weighted by molar-refractivity contribution is 5.87. The molecular weight excluding hydrogens is 240 g/mol. The van der Waals surface area contributed by atoms with Crippen molar-refractivity contribution in [2.45, 2.75) is 51.0 Å². The number of rotatable bonds is 5. The number of hydrogen-bond donors (Lipinski definition) is 1. The zero-order valence-electron chi connectivity index (χ0n) is 11.6. The summed E-state index contributed by atoms with van der Waals surface area (Å²) in [4.78, 5) is 11.5. The van der Waals surface area contributed by atoms with E-state index in [4.69, 9.17) is 4.74 Å². The molecule has 0 unspecified atom stereocenters. The molecule has 2 aliphatic carbocycles. The standard InChI is InChI=1S/C16H22O3/c1-12(2)15(17)19-11-16(18,13-7-3-4-8-13)14-9-5-6-10-14/h7,9,18H,1,3-6,8,10-11H2,2H3. The summed E-state index contributed by atoms with van der Waals surface area (Å²) in [5.41, 5.74) is 1.30. The van der Waals surface area contributed by atoms with Crippen molar-refractivity contribution in [3.8, 4) is 0 Å². The van der Waals surface area contributed by atoms with E-state index in [1.54, 1.807) is 6.92 Å². The van der Waals surface area contributed by atoms with Crippen LogP contribution in [0.3, 0.4) is 0 Å². The van der Waals surface area contributed by atoms with Crippen molar-refractivity contribution in [2.75, 3.05) is 6.61 Å². The van der Waals surface area contributed by atoms with E-state index < -0.39 is 11.6 Å². The lowest BCUT2D eigenvalue weighted by molar-refractivity contribution is -0.143. The van der Waals surface area contributed by atoms with E-state index in [-0.39, 0.29) is 6.61 Å². The van der Waals surface area contributed by atoms with Crippen molar-refractivity contribution >= 4 is 5.97 Å². The summed E-state index contributed by atoms with van der Waals surface area (Å²) in [6.07, 6.45) is 10.1. The highest BCUT2D eigenvalue weighted by atomic mass is 16.5. The molecule has 0 spiro atoms. The first-order valence-electron chi connectivity index (χ1n) is 6.98. The van der Waals surface area contributed by atoms with Crippen LogP contribution in [0.5, 0.6) is 0 Å². The van der Waals surface area contributed by atoms with Gasteiger partial charge in [-0.25, -0.2) is 4.79 Å². The van der Waals surface area contributed by atoms with E-state index in [1.165, 1.54) is 0 Å². The molecule has 3 nitrogen and oxygen atoms in total. The Hall–Kier alpha value is -1.35. The van der Waals surface area contributed by atoms with Crippen LogP contribution in [0.25, 0.3) is 0 Å². The van der Waals surface area contributed by atoms with Gasteiger partial charge in [0.05, 0.1) is 0 Å². The van der Waals surface area contributed by atoms with E-state index in [1.807, 2.05) is 0 Å². The van der Waals surface area contributed by atoms with E-state index in [0.717, 1.165) is 49.7 Å². The van der Waals surface area contributed by atoms with Gasteiger partial charge in [-0.05, 0) is 56.6 Å². The minimum atomic E-state index is -1.09. The number of carbonyl (C=O) groups excluding carboxylic acids is 1. The lowest BCUT2D eigenvalue weighted by Crippen LogP contribution is -2.39. The van der Waals surface area contributed by atoms with Crippen molar-refractivity contribution < 1.29 is 14.6 Å². The molecule has 19 heavy (non-hydrogen) atoms. The molecule has 0 atom stereocenters. The van der Waals surface area contributed by atoms with Gasteiger partial charge >= 0.3 is 5.97 Å². The topological polar surface area (TPSA) is 46.5 Å². The first kappa shape index (κ1) is 14.1. The van der Waals surface area contributed by atoms with Gasteiger partial charge in [0.15, 0.2) is 0 Å². The van der Waals surface area contributed by atoms with Crippen LogP contribution in [0.15, 0.2) is 35.5 Å². The average molecular weight is 262 g/mol. The predicted octanol–water partition coefficient (Wildman–Crippen LogP) is 3.06. The Labute approximate surface area is 114 Å². The van der Waals surface area contributed by atoms with E-state index >= 15 is 0 Å². The number of allylic oxidation sites excluding steroid dienone is 2. The van der Waals surface area contributed by atoms with Crippen LogP contribution in [0.1, 0.15) is 45.4 Å². The van der Waals surface area contributed by atoms with Crippen LogP contribution < -0.4 is 0 Å². The maximum atomic E-state index is 11.5. The lowest BCUT2D eigenvalue weighted by Gasteiger charge is -2.31. The molecule has 0 amide bonds. The lowest BCUT2D eigenvalue weighted by atomic mass is 9.85. The van der Waals surface area contributed by atoms with Crippen molar-refractivity contribution in [1.82, 2.24) is 0 Å². The minimum Gasteiger partial charge on any atom is -0.459 e. The number of hydrogen-bond acceptors (Lipinski definition) is 3. The Morgan fingerprint density at radius 2 is 1.84 bits per heavy atom. The summed E-state index contributed by atoms with van der Waals surface area (Å²) >= 11 is 0. The monoisotopic (exact) mass is 262 g/mol. The average Bonchev–Trinajstić information content (AvgIpc) is 3.06. The van der Waals surface area contributed by atoms with Crippen molar-refractivity contribution in [1.29, 1.82) is 0 Å². The smallest absolute Gasteiger partial charge is 0.333 e. The molecule has 0 aliphatic heterocycles. The molecule has 0 radical (unpaired) electrons. The molecule has 1 N–H and O–H groups in total. The van der Waals surface area contributed by atoms with Gasteiger partial charge < -0.3 is 9.84 Å². The van der Waals surface area contributed by atoms with Crippen molar-refractivity contribution in [2.24, 2.45) is 0 Å². The molecular formula is C16H22O3. The predicted molar refractivity (Wildman–Crippen MR) is 74.6 cm³/mol. The molecule has 0 bridgehead atoms. The summed E-state index contributed by atoms with van der Waals surface area (Å²) in [7, 11) is 0. The fraction of sp³-hybridized carbons (Fsp3) is 0.562. The molecule has 2 aliphatic rings. The van der Waals surface area contributed by atoms with Crippen LogP contribution in [-0.2, 0) is 9.53 Å². The molecule has 0 aromatic carbocycles. The summed E-state index contributed by atoms with van der Waals surface area (Å²) in [6, 6.07) is 0. The summed E-state index contributed by atoms with van der Waals surface area (Å²) in [6.45, 7) is 5.19. The first-order valence-corrected chi connectivity index (χ1v) is 6.98. The molecule has 0 heterocycles. The second kappa shape index (κ2) is 5.74. The summed E-state index contributed by atoms with van der Waals surface area (Å²) in [5.74, 6) is -0.435. The van der Waals surface area contributed by atoms with Gasteiger partial charge in [-0.2, -0.15) is 0 Å². The molecule has 0 saturated heterocycles. The zero-order valence-corrected chi connectivity index (χ0v) is 11.6. The number of esters is 1. The molecule has 104 valence electrons. The zero-order chi connectivity index (χ0) is 13.9. The van der Waals surface area contributed by atoms with Crippen LogP contribution >= 0.6 is 0 Å². The first-order chi connectivity index (χ1) is 9.04. The molecule has 0 aromatic heterocycles. The Morgan fingerprint density at radius 3 is 2.21 bits per heavy atom. The summed E-state index contributed by atoms with van der Waals surface area (Å²) < 4.78 is 5.22. The summed E-state index contributed by atoms with van der Waals surface area (Å²) in [5, 5.41) is 11.0. The van der Waals surface area contributed by atoms with E-state index in [0.29, 0.717) is 5.57 Å². The Balaban J connectivity index is 2.14. The molecule has 3 heteroatoms. The van der Waals surface area contributed by atoms with Gasteiger partial charge in [0.2, 0.25) is 0 Å². The Kier molecular flexibility index (Phi) is 4.25. The maximum Gasteiger partial charge on any atom is 0.333 e. The van der Waals surface area contributed by atoms with Gasteiger partial charge in [-0.1, -0.05) is 18.7 Å². The Morgan fingerprint density at radius 1 is 1.32 bits per heavy atom. The Bertz CT molecular complexity index is 419. The highest BCUT2D eigenvalue weighted by Crippen LogP contribution is 2.38. The molecule has 0 aromatic rings. The van der Waals surface area contributed by atoms with Gasteiger partial charge in [0.25, 0.3) is 0 Å². The number of aliphatic hydroxyl groups is 1. The van der Waals surface area contributed by atoms with Crippen LogP contribution in [0, 0.1) is 0 Å². The highest BCUT2D eigenvalue weighted by Gasteiger charge is 2.38. The third-order valence-electron chi connectivity index (χ3n) is 3.91. The fourth-order valence-electron chi connectivity index (χ4n) is 2.78. The van der Waals surface area contributed by atoms with Crippen molar-refractivity contribution in [3.05, 3.63) is 35.5 Å². The SMILES string of the molecule is C=C(C)C(=O)OCC(O)(C1=CCCC1)C1=CCCC1. The van der Waals surface area contributed by atoms with Crippen molar-refractivity contribution in [3.63, 3.8) is 0 Å². The normalized spacial score (nSPS) is 19.1. The fourth-order valence-corrected chi connectivity index (χ4v) is 2.78. The third-order valence-corrected chi connectivity index (χ3v) is 3.91. The van der Waals surface area contributed by atoms with Gasteiger partial charge in [-0.15, -0.1) is 0 Å². The third kappa shape index (κ3) is 2.98. The minimum absolute atomic E-state index is 0.0103. The largest absolute Gasteiger partial charge is 0.459 e. The quantitative estimate of drug-likeness (QED) is 0.470.